The normalized spacial score (nSPS) is 24.1. The molecule has 152 valence electrons. The number of benzene rings is 2. The summed E-state index contributed by atoms with van der Waals surface area (Å²) in [6, 6.07) is 11.4. The molecule has 0 aromatic heterocycles. The van der Waals surface area contributed by atoms with Crippen molar-refractivity contribution in [2.45, 2.75) is 31.6 Å². The van der Waals surface area contributed by atoms with E-state index < -0.39 is 9.84 Å². The van der Waals surface area contributed by atoms with Gasteiger partial charge in [0.05, 0.1) is 24.0 Å². The zero-order chi connectivity index (χ0) is 20.8. The predicted molar refractivity (Wildman–Crippen MR) is 115 cm³/mol. The van der Waals surface area contributed by atoms with Crippen molar-refractivity contribution in [1.29, 1.82) is 0 Å². The second-order valence-electron chi connectivity index (χ2n) is 7.50. The smallest absolute Gasteiger partial charge is 0.252 e. The van der Waals surface area contributed by atoms with Crippen molar-refractivity contribution < 1.29 is 17.6 Å². The van der Waals surface area contributed by atoms with Crippen LogP contribution in [0.15, 0.2) is 47.5 Å². The van der Waals surface area contributed by atoms with Crippen LogP contribution in [-0.2, 0) is 21.1 Å². The van der Waals surface area contributed by atoms with E-state index in [1.807, 2.05) is 36.9 Å². The lowest BCUT2D eigenvalue weighted by Gasteiger charge is -2.28. The Balaban J connectivity index is 1.69. The molecule has 2 aromatic rings. The molecule has 2 aliphatic heterocycles. The standard InChI is InChI=1S/C21H21FN2O3S2/c1-13-4-3-5-14(2)20(13)24-17-11-29(26,27)12-18(17)28-21(24)23-19(25)10-15-6-8-16(22)9-7-15/h3-9,17-18H,10-12H2,1-2H3. The first kappa shape index (κ1) is 20.1. The summed E-state index contributed by atoms with van der Waals surface area (Å²) < 4.78 is 37.5. The van der Waals surface area contributed by atoms with Crippen molar-refractivity contribution in [2.75, 3.05) is 16.4 Å². The van der Waals surface area contributed by atoms with Gasteiger partial charge >= 0.3 is 0 Å². The number of fused-ring (bicyclic) bond motifs is 1. The molecule has 8 heteroatoms. The lowest BCUT2D eigenvalue weighted by Crippen LogP contribution is -2.38. The maximum atomic E-state index is 13.1. The molecule has 5 nitrogen and oxygen atoms in total. The Labute approximate surface area is 173 Å². The van der Waals surface area contributed by atoms with Gasteiger partial charge in [-0.15, -0.1) is 0 Å². The van der Waals surface area contributed by atoms with Gasteiger partial charge < -0.3 is 4.90 Å². The number of para-hydroxylation sites is 1. The van der Waals surface area contributed by atoms with E-state index in [2.05, 4.69) is 4.99 Å². The quantitative estimate of drug-likeness (QED) is 0.745. The highest BCUT2D eigenvalue weighted by molar-refractivity contribution is 8.16. The van der Waals surface area contributed by atoms with E-state index in [9.17, 15) is 17.6 Å². The van der Waals surface area contributed by atoms with Gasteiger partial charge in [-0.05, 0) is 42.7 Å². The highest BCUT2D eigenvalue weighted by Crippen LogP contribution is 2.43. The average molecular weight is 433 g/mol. The minimum Gasteiger partial charge on any atom is -0.315 e. The van der Waals surface area contributed by atoms with E-state index in [0.717, 1.165) is 16.8 Å². The van der Waals surface area contributed by atoms with Gasteiger partial charge in [0.15, 0.2) is 15.0 Å². The molecule has 0 N–H and O–H groups in total. The maximum Gasteiger partial charge on any atom is 0.252 e. The summed E-state index contributed by atoms with van der Waals surface area (Å²) in [7, 11) is -3.11. The fraction of sp³-hybridized carbons (Fsp3) is 0.333. The van der Waals surface area contributed by atoms with E-state index in [4.69, 9.17) is 0 Å². The Kier molecular flexibility index (Phi) is 5.25. The fourth-order valence-electron chi connectivity index (χ4n) is 3.93. The van der Waals surface area contributed by atoms with Crippen LogP contribution in [0.3, 0.4) is 0 Å². The van der Waals surface area contributed by atoms with Crippen molar-refractivity contribution >= 4 is 38.4 Å². The van der Waals surface area contributed by atoms with Gasteiger partial charge in [0.2, 0.25) is 0 Å². The number of sulfone groups is 1. The largest absolute Gasteiger partial charge is 0.315 e. The van der Waals surface area contributed by atoms with Gasteiger partial charge in [-0.25, -0.2) is 12.8 Å². The molecule has 2 aliphatic rings. The van der Waals surface area contributed by atoms with Crippen LogP contribution < -0.4 is 4.90 Å². The summed E-state index contributed by atoms with van der Waals surface area (Å²) in [5.41, 5.74) is 3.62. The highest BCUT2D eigenvalue weighted by atomic mass is 32.2. The first-order chi connectivity index (χ1) is 13.7. The number of amidine groups is 1. The number of rotatable bonds is 3. The molecule has 0 bridgehead atoms. The second-order valence-corrected chi connectivity index (χ2v) is 10.9. The van der Waals surface area contributed by atoms with E-state index >= 15 is 0 Å². The number of aliphatic imine (C=N–C) groups is 1. The van der Waals surface area contributed by atoms with E-state index in [-0.39, 0.29) is 40.9 Å². The zero-order valence-electron chi connectivity index (χ0n) is 16.1. The number of hydrogen-bond acceptors (Lipinski definition) is 4. The van der Waals surface area contributed by atoms with E-state index in [0.29, 0.717) is 10.7 Å². The van der Waals surface area contributed by atoms with Crippen molar-refractivity contribution in [3.63, 3.8) is 0 Å². The Morgan fingerprint density at radius 3 is 2.45 bits per heavy atom. The SMILES string of the molecule is Cc1cccc(C)c1N1C(=NC(=O)Cc2ccc(F)cc2)SC2CS(=O)(=O)CC21. The van der Waals surface area contributed by atoms with Crippen molar-refractivity contribution in [2.24, 2.45) is 4.99 Å². The molecule has 2 saturated heterocycles. The van der Waals surface area contributed by atoms with Gasteiger partial charge in [-0.1, -0.05) is 42.1 Å². The van der Waals surface area contributed by atoms with Crippen LogP contribution in [0.4, 0.5) is 10.1 Å². The molecule has 4 rings (SSSR count). The number of aryl methyl sites for hydroxylation is 2. The summed E-state index contributed by atoms with van der Waals surface area (Å²) in [5.74, 6) is -0.536. The van der Waals surface area contributed by atoms with Gasteiger partial charge in [-0.2, -0.15) is 4.99 Å². The number of amides is 1. The number of thioether (sulfide) groups is 1. The molecule has 2 fully saturated rings. The highest BCUT2D eigenvalue weighted by Gasteiger charge is 2.49. The first-order valence-corrected chi connectivity index (χ1v) is 12.0. The van der Waals surface area contributed by atoms with E-state index in [1.165, 1.54) is 23.9 Å². The van der Waals surface area contributed by atoms with E-state index in [1.54, 1.807) is 12.1 Å². The zero-order valence-corrected chi connectivity index (χ0v) is 17.8. The van der Waals surface area contributed by atoms with Crippen molar-refractivity contribution in [3.05, 3.63) is 65.0 Å². The second kappa shape index (κ2) is 7.57. The van der Waals surface area contributed by atoms with Gasteiger partial charge in [0.1, 0.15) is 5.82 Å². The van der Waals surface area contributed by atoms with Gasteiger partial charge in [0, 0.05) is 10.9 Å². The van der Waals surface area contributed by atoms with Gasteiger partial charge in [0.25, 0.3) is 5.91 Å². The fourth-order valence-corrected chi connectivity index (χ4v) is 7.85. The van der Waals surface area contributed by atoms with Crippen LogP contribution in [0.25, 0.3) is 0 Å². The molecule has 0 radical (unpaired) electrons. The van der Waals surface area contributed by atoms with Crippen LogP contribution in [0, 0.1) is 19.7 Å². The minimum atomic E-state index is -3.11. The topological polar surface area (TPSA) is 66.8 Å². The number of carbonyl (C=O) groups is 1. The summed E-state index contributed by atoms with van der Waals surface area (Å²) >= 11 is 1.36. The Hall–Kier alpha value is -2.19. The Bertz CT molecular complexity index is 1080. The molecule has 29 heavy (non-hydrogen) atoms. The molecule has 2 atom stereocenters. The summed E-state index contributed by atoms with van der Waals surface area (Å²) in [6.45, 7) is 3.95. The molecule has 2 aromatic carbocycles. The molecule has 2 heterocycles. The van der Waals surface area contributed by atoms with Crippen LogP contribution in [0.5, 0.6) is 0 Å². The molecular weight excluding hydrogens is 411 g/mol. The van der Waals surface area contributed by atoms with Crippen LogP contribution in [0.2, 0.25) is 0 Å². The lowest BCUT2D eigenvalue weighted by atomic mass is 10.1. The number of hydrogen-bond donors (Lipinski definition) is 0. The Morgan fingerprint density at radius 2 is 1.79 bits per heavy atom. The average Bonchev–Trinajstić information content (AvgIpc) is 3.09. The molecule has 0 aliphatic carbocycles. The third-order valence-electron chi connectivity index (χ3n) is 5.24. The predicted octanol–water partition coefficient (Wildman–Crippen LogP) is 3.29. The van der Waals surface area contributed by atoms with Crippen molar-refractivity contribution in [1.82, 2.24) is 0 Å². The summed E-state index contributed by atoms with van der Waals surface area (Å²) in [4.78, 5) is 18.9. The molecule has 0 spiro atoms. The lowest BCUT2D eigenvalue weighted by molar-refractivity contribution is -0.117. The van der Waals surface area contributed by atoms with Crippen LogP contribution >= 0.6 is 11.8 Å². The van der Waals surface area contributed by atoms with Crippen LogP contribution in [-0.4, -0.2) is 42.3 Å². The third kappa shape index (κ3) is 4.09. The number of anilines is 1. The molecular formula is C21H21FN2O3S2. The molecule has 2 unspecified atom stereocenters. The van der Waals surface area contributed by atoms with Crippen molar-refractivity contribution in [3.8, 4) is 0 Å². The monoisotopic (exact) mass is 432 g/mol. The maximum absolute atomic E-state index is 13.1. The van der Waals surface area contributed by atoms with Crippen LogP contribution in [0.1, 0.15) is 16.7 Å². The number of halogens is 1. The van der Waals surface area contributed by atoms with Gasteiger partial charge in [-0.3, -0.25) is 4.79 Å². The summed E-state index contributed by atoms with van der Waals surface area (Å²) in [6.07, 6.45) is 0.0680. The summed E-state index contributed by atoms with van der Waals surface area (Å²) in [5, 5.41) is 0.399. The number of carbonyl (C=O) groups excluding carboxylic acids is 1. The third-order valence-corrected chi connectivity index (χ3v) is 8.45. The first-order valence-electron chi connectivity index (χ1n) is 9.32. The Morgan fingerprint density at radius 1 is 1.14 bits per heavy atom. The minimum absolute atomic E-state index is 0.0591. The number of nitrogens with zero attached hydrogens (tertiary/aromatic N) is 2. The molecule has 0 saturated carbocycles. The molecule has 1 amide bonds.